The van der Waals surface area contributed by atoms with Crippen molar-refractivity contribution in [3.8, 4) is 6.07 Å². The minimum Gasteiger partial charge on any atom is -0.477 e. The number of aryl methyl sites for hydroxylation is 1. The second-order valence-electron chi connectivity index (χ2n) is 10.8. The number of carbonyl (C=O) groups is 1. The molecule has 0 fully saturated rings. The van der Waals surface area contributed by atoms with Gasteiger partial charge in [0.05, 0.1) is 5.56 Å². The number of carboxylic acids is 1. The third-order valence-electron chi connectivity index (χ3n) is 7.57. The van der Waals surface area contributed by atoms with Crippen molar-refractivity contribution in [1.82, 2.24) is 0 Å². The van der Waals surface area contributed by atoms with Crippen molar-refractivity contribution in [2.75, 3.05) is 18.0 Å². The Labute approximate surface area is 258 Å². The molecule has 4 aromatic rings. The van der Waals surface area contributed by atoms with E-state index in [1.54, 1.807) is 18.2 Å². The predicted molar refractivity (Wildman–Crippen MR) is 181 cm³/mol. The highest BCUT2D eigenvalue weighted by Crippen LogP contribution is 2.26. The molecule has 0 spiro atoms. The fourth-order valence-corrected chi connectivity index (χ4v) is 4.92. The van der Waals surface area contributed by atoms with E-state index < -0.39 is 5.97 Å². The smallest absolute Gasteiger partial charge is 0.346 e. The highest BCUT2D eigenvalue weighted by Gasteiger charge is 2.13. The fraction of sp³-hybridized carbons (Fsp3) is 0.237. The summed E-state index contributed by atoms with van der Waals surface area (Å²) in [5, 5.41) is 18.9. The Morgan fingerprint density at radius 1 is 0.841 bits per heavy atom. The highest BCUT2D eigenvalue weighted by molar-refractivity contribution is 5.96. The molecule has 0 bridgehead atoms. The molecular formula is C38H38N2O4. The highest BCUT2D eigenvalue weighted by atomic mass is 16.4. The summed E-state index contributed by atoms with van der Waals surface area (Å²) in [6.45, 7) is 8.35. The molecule has 3 aromatic carbocycles. The zero-order valence-corrected chi connectivity index (χ0v) is 25.5. The van der Waals surface area contributed by atoms with Crippen LogP contribution in [-0.2, 0) is 4.79 Å². The van der Waals surface area contributed by atoms with Crippen LogP contribution in [0.15, 0.2) is 81.5 Å². The molecular weight excluding hydrogens is 548 g/mol. The normalized spacial score (nSPS) is 11.8. The van der Waals surface area contributed by atoms with Crippen LogP contribution in [0, 0.1) is 18.3 Å². The maximum Gasteiger partial charge on any atom is 0.346 e. The Kier molecular flexibility index (Phi) is 11.1. The molecule has 44 heavy (non-hydrogen) atoms. The van der Waals surface area contributed by atoms with Crippen molar-refractivity contribution in [1.29, 1.82) is 5.26 Å². The number of hydrogen-bond acceptors (Lipinski definition) is 5. The van der Waals surface area contributed by atoms with Crippen LogP contribution in [0.3, 0.4) is 0 Å². The lowest BCUT2D eigenvalue weighted by atomic mass is 10.0. The zero-order chi connectivity index (χ0) is 31.5. The number of nitrogens with zero attached hydrogens (tertiary/aromatic N) is 2. The van der Waals surface area contributed by atoms with Crippen molar-refractivity contribution in [2.45, 2.75) is 46.5 Å². The number of unbranched alkanes of at least 4 members (excludes halogenated alkanes) is 2. The zero-order valence-electron chi connectivity index (χ0n) is 25.5. The maximum absolute atomic E-state index is 13.0. The molecule has 4 rings (SSSR count). The van der Waals surface area contributed by atoms with Crippen molar-refractivity contribution in [2.24, 2.45) is 0 Å². The number of carboxylic acid groups (broad SMARTS) is 1. The van der Waals surface area contributed by atoms with Crippen LogP contribution in [0.25, 0.3) is 41.3 Å². The molecule has 0 saturated heterocycles. The summed E-state index contributed by atoms with van der Waals surface area (Å²) < 4.78 is 5.81. The first-order valence-corrected chi connectivity index (χ1v) is 15.1. The van der Waals surface area contributed by atoms with E-state index in [1.165, 1.54) is 6.08 Å². The molecule has 0 aliphatic rings. The van der Waals surface area contributed by atoms with Crippen LogP contribution in [0.1, 0.15) is 72.9 Å². The summed E-state index contributed by atoms with van der Waals surface area (Å²) >= 11 is 0. The average Bonchev–Trinajstić information content (AvgIpc) is 3.03. The Morgan fingerprint density at radius 2 is 1.36 bits per heavy atom. The lowest BCUT2D eigenvalue weighted by Gasteiger charge is -2.25. The monoisotopic (exact) mass is 586 g/mol. The first kappa shape index (κ1) is 31.8. The van der Waals surface area contributed by atoms with Gasteiger partial charge in [0, 0.05) is 30.2 Å². The number of hydrogen-bond donors (Lipinski definition) is 1. The Balaban J connectivity index is 1.47. The molecule has 224 valence electrons. The van der Waals surface area contributed by atoms with E-state index in [2.05, 4.69) is 30.9 Å². The van der Waals surface area contributed by atoms with Crippen LogP contribution in [-0.4, -0.2) is 24.2 Å². The SMILES string of the molecule is CCCCN(CCCC)c1ccc2c(C)c(/C=C/c3ccc(/C=C/c4ccc(/C=C(/C#N)C(=O)O)cc4)cc3)c(=O)oc2c1. The molecule has 0 saturated carbocycles. The second kappa shape index (κ2) is 15.4. The third-order valence-corrected chi connectivity index (χ3v) is 7.57. The standard InChI is InChI=1S/C38H38N2O4/c1-4-6-22-40(23-7-5-2)33-19-21-34-27(3)35(38(43)44-36(34)25-33)20-18-30-12-10-28(11-13-30)8-9-29-14-16-31(17-15-29)24-32(26-39)37(41)42/h8-21,24-25H,4-7,22-23H2,1-3H3,(H,41,42)/b9-8+,20-18+,32-24-. The third kappa shape index (κ3) is 8.23. The summed E-state index contributed by atoms with van der Waals surface area (Å²) in [4.78, 5) is 26.4. The molecule has 1 N–H and O–H groups in total. The van der Waals surface area contributed by atoms with Gasteiger partial charge in [-0.1, -0.05) is 93.4 Å². The number of fused-ring (bicyclic) bond motifs is 1. The second-order valence-corrected chi connectivity index (χ2v) is 10.8. The Hall–Kier alpha value is -5.15. The molecule has 6 nitrogen and oxygen atoms in total. The van der Waals surface area contributed by atoms with E-state index in [4.69, 9.17) is 14.8 Å². The summed E-state index contributed by atoms with van der Waals surface area (Å²) in [6, 6.07) is 23.1. The minimum absolute atomic E-state index is 0.306. The predicted octanol–water partition coefficient (Wildman–Crippen LogP) is 8.84. The van der Waals surface area contributed by atoms with Crippen molar-refractivity contribution >= 4 is 53.0 Å². The molecule has 0 amide bonds. The van der Waals surface area contributed by atoms with Crippen molar-refractivity contribution < 1.29 is 14.3 Å². The van der Waals surface area contributed by atoms with E-state index in [0.29, 0.717) is 16.7 Å². The number of benzene rings is 3. The molecule has 0 radical (unpaired) electrons. The van der Waals surface area contributed by atoms with Crippen molar-refractivity contribution in [3.63, 3.8) is 0 Å². The van der Waals surface area contributed by atoms with E-state index in [-0.39, 0.29) is 11.2 Å². The van der Waals surface area contributed by atoms with Gasteiger partial charge >= 0.3 is 11.6 Å². The van der Waals surface area contributed by atoms with Gasteiger partial charge in [-0.05, 0) is 71.9 Å². The van der Waals surface area contributed by atoms with Gasteiger partial charge in [0.15, 0.2) is 0 Å². The molecule has 1 heterocycles. The van der Waals surface area contributed by atoms with Gasteiger partial charge in [0.1, 0.15) is 17.2 Å². The van der Waals surface area contributed by atoms with Crippen molar-refractivity contribution in [3.05, 3.63) is 116 Å². The lowest BCUT2D eigenvalue weighted by Crippen LogP contribution is -2.25. The molecule has 0 atom stereocenters. The number of anilines is 1. The van der Waals surface area contributed by atoms with Gasteiger partial charge < -0.3 is 14.4 Å². The lowest BCUT2D eigenvalue weighted by molar-refractivity contribution is -0.132. The van der Waals surface area contributed by atoms with E-state index in [1.807, 2.05) is 73.7 Å². The van der Waals surface area contributed by atoms with Crippen LogP contribution in [0.2, 0.25) is 0 Å². The Morgan fingerprint density at radius 3 is 1.86 bits per heavy atom. The van der Waals surface area contributed by atoms with Crippen LogP contribution in [0.5, 0.6) is 0 Å². The number of nitriles is 1. The van der Waals surface area contributed by atoms with Gasteiger partial charge in [0.25, 0.3) is 0 Å². The maximum atomic E-state index is 13.0. The van der Waals surface area contributed by atoms with Gasteiger partial charge in [-0.25, -0.2) is 9.59 Å². The van der Waals surface area contributed by atoms with E-state index in [0.717, 1.165) is 72.1 Å². The summed E-state index contributed by atoms with van der Waals surface area (Å²) in [6.07, 6.45) is 13.6. The van der Waals surface area contributed by atoms with Gasteiger partial charge in [-0.15, -0.1) is 0 Å². The first-order valence-electron chi connectivity index (χ1n) is 15.1. The largest absolute Gasteiger partial charge is 0.477 e. The average molecular weight is 587 g/mol. The van der Waals surface area contributed by atoms with Gasteiger partial charge in [-0.3, -0.25) is 0 Å². The van der Waals surface area contributed by atoms with Crippen LogP contribution < -0.4 is 10.5 Å². The molecule has 0 unspecified atom stereocenters. The number of rotatable bonds is 13. The summed E-state index contributed by atoms with van der Waals surface area (Å²) in [5.74, 6) is -1.24. The van der Waals surface area contributed by atoms with E-state index in [9.17, 15) is 9.59 Å². The van der Waals surface area contributed by atoms with E-state index >= 15 is 0 Å². The molecule has 6 heteroatoms. The first-order chi connectivity index (χ1) is 21.3. The quantitative estimate of drug-likeness (QED) is 0.0728. The summed E-state index contributed by atoms with van der Waals surface area (Å²) in [7, 11) is 0. The summed E-state index contributed by atoms with van der Waals surface area (Å²) in [5.41, 5.74) is 6.08. The Bertz CT molecular complexity index is 1780. The van der Waals surface area contributed by atoms with Gasteiger partial charge in [0.2, 0.25) is 0 Å². The van der Waals surface area contributed by atoms with Crippen LogP contribution >= 0.6 is 0 Å². The van der Waals surface area contributed by atoms with Crippen LogP contribution in [0.4, 0.5) is 5.69 Å². The topological polar surface area (TPSA) is 94.5 Å². The molecule has 0 aliphatic heterocycles. The molecule has 1 aromatic heterocycles. The minimum atomic E-state index is -1.24. The fourth-order valence-electron chi connectivity index (χ4n) is 4.92. The number of aliphatic carboxylic acids is 1. The van der Waals surface area contributed by atoms with Gasteiger partial charge in [-0.2, -0.15) is 5.26 Å². The molecule has 0 aliphatic carbocycles.